The fourth-order valence-electron chi connectivity index (χ4n) is 1.37. The van der Waals surface area contributed by atoms with E-state index in [0.29, 0.717) is 11.4 Å². The molecule has 0 saturated heterocycles. The van der Waals surface area contributed by atoms with Crippen LogP contribution in [0.15, 0.2) is 47.4 Å². The van der Waals surface area contributed by atoms with Gasteiger partial charge in [-0.25, -0.2) is 4.39 Å². The Balaban J connectivity index is 2.19. The fraction of sp³-hybridized carbons (Fsp3) is 0.0769. The van der Waals surface area contributed by atoms with Gasteiger partial charge in [-0.1, -0.05) is 0 Å². The average molecular weight is 249 g/mol. The Morgan fingerprint density at radius 2 is 1.82 bits per heavy atom. The van der Waals surface area contributed by atoms with Gasteiger partial charge < -0.3 is 10.5 Å². The van der Waals surface area contributed by atoms with Crippen LogP contribution in [-0.4, -0.2) is 6.26 Å². The second kappa shape index (κ2) is 5.10. The van der Waals surface area contributed by atoms with E-state index in [1.54, 1.807) is 17.8 Å². The second-order valence-corrected chi connectivity index (χ2v) is 4.35. The molecular weight excluding hydrogens is 237 g/mol. The number of nitrogen functional groups attached to an aromatic ring is 1. The molecule has 0 aromatic heterocycles. The third kappa shape index (κ3) is 2.91. The Bertz CT molecular complexity index is 513. The molecule has 0 amide bonds. The molecule has 0 atom stereocenters. The van der Waals surface area contributed by atoms with Crippen molar-refractivity contribution in [1.29, 1.82) is 0 Å². The molecule has 2 aromatic carbocycles. The monoisotopic (exact) mass is 249 g/mol. The molecule has 2 aromatic rings. The molecule has 4 heteroatoms. The van der Waals surface area contributed by atoms with E-state index in [9.17, 15) is 4.39 Å². The van der Waals surface area contributed by atoms with Gasteiger partial charge >= 0.3 is 0 Å². The van der Waals surface area contributed by atoms with Crippen LogP contribution in [-0.2, 0) is 0 Å². The van der Waals surface area contributed by atoms with Gasteiger partial charge in [-0.15, -0.1) is 11.8 Å². The summed E-state index contributed by atoms with van der Waals surface area (Å²) in [5, 5.41) is 0. The van der Waals surface area contributed by atoms with E-state index < -0.39 is 5.82 Å². The van der Waals surface area contributed by atoms with Crippen molar-refractivity contribution in [2.45, 2.75) is 4.90 Å². The van der Waals surface area contributed by atoms with Crippen LogP contribution in [0.25, 0.3) is 0 Å². The predicted molar refractivity (Wildman–Crippen MR) is 69.1 cm³/mol. The highest BCUT2D eigenvalue weighted by Gasteiger charge is 2.04. The zero-order valence-electron chi connectivity index (χ0n) is 9.31. The number of ether oxygens (including phenoxy) is 1. The maximum atomic E-state index is 13.5. The van der Waals surface area contributed by atoms with Crippen molar-refractivity contribution in [3.05, 3.63) is 48.3 Å². The highest BCUT2D eigenvalue weighted by molar-refractivity contribution is 7.98. The Hall–Kier alpha value is -1.68. The zero-order valence-corrected chi connectivity index (χ0v) is 10.1. The van der Waals surface area contributed by atoms with Crippen LogP contribution in [0.4, 0.5) is 10.1 Å². The van der Waals surface area contributed by atoms with Gasteiger partial charge in [0.1, 0.15) is 5.75 Å². The molecule has 0 heterocycles. The lowest BCUT2D eigenvalue weighted by Crippen LogP contribution is -1.91. The van der Waals surface area contributed by atoms with Crippen molar-refractivity contribution in [2.75, 3.05) is 12.0 Å². The quantitative estimate of drug-likeness (QED) is 0.661. The number of thioether (sulfide) groups is 1. The van der Waals surface area contributed by atoms with Crippen LogP contribution in [0.3, 0.4) is 0 Å². The Morgan fingerprint density at radius 3 is 2.41 bits per heavy atom. The average Bonchev–Trinajstić information content (AvgIpc) is 2.34. The Kier molecular flexibility index (Phi) is 3.54. The van der Waals surface area contributed by atoms with E-state index in [1.165, 1.54) is 12.1 Å². The molecule has 0 aliphatic rings. The van der Waals surface area contributed by atoms with Gasteiger partial charge in [0.25, 0.3) is 0 Å². The minimum absolute atomic E-state index is 0.177. The molecule has 0 aliphatic heterocycles. The molecule has 0 aliphatic carbocycles. The summed E-state index contributed by atoms with van der Waals surface area (Å²) < 4.78 is 18.9. The summed E-state index contributed by atoms with van der Waals surface area (Å²) in [5.41, 5.74) is 5.84. The number of rotatable bonds is 3. The molecule has 0 spiro atoms. The second-order valence-electron chi connectivity index (χ2n) is 3.47. The van der Waals surface area contributed by atoms with Crippen molar-refractivity contribution >= 4 is 17.4 Å². The number of anilines is 1. The largest absolute Gasteiger partial charge is 0.454 e. The molecule has 0 saturated carbocycles. The van der Waals surface area contributed by atoms with E-state index in [-0.39, 0.29) is 5.75 Å². The van der Waals surface area contributed by atoms with Crippen LogP contribution in [0.1, 0.15) is 0 Å². The molecule has 0 fully saturated rings. The van der Waals surface area contributed by atoms with E-state index in [4.69, 9.17) is 10.5 Å². The zero-order chi connectivity index (χ0) is 12.3. The summed E-state index contributed by atoms with van der Waals surface area (Å²) in [6.45, 7) is 0. The molecule has 0 bridgehead atoms. The summed E-state index contributed by atoms with van der Waals surface area (Å²) in [4.78, 5) is 1.13. The van der Waals surface area contributed by atoms with Crippen molar-refractivity contribution in [1.82, 2.24) is 0 Å². The highest BCUT2D eigenvalue weighted by atomic mass is 32.2. The predicted octanol–water partition coefficient (Wildman–Crippen LogP) is 3.92. The molecule has 0 radical (unpaired) electrons. The van der Waals surface area contributed by atoms with Crippen molar-refractivity contribution in [3.8, 4) is 11.5 Å². The van der Waals surface area contributed by atoms with Crippen molar-refractivity contribution in [2.24, 2.45) is 0 Å². The van der Waals surface area contributed by atoms with Gasteiger partial charge in [-0.2, -0.15) is 0 Å². The normalized spacial score (nSPS) is 10.2. The molecule has 88 valence electrons. The van der Waals surface area contributed by atoms with E-state index in [0.717, 1.165) is 4.90 Å². The van der Waals surface area contributed by atoms with Crippen LogP contribution in [0.2, 0.25) is 0 Å². The lowest BCUT2D eigenvalue weighted by atomic mass is 10.3. The van der Waals surface area contributed by atoms with Gasteiger partial charge in [-0.3, -0.25) is 0 Å². The minimum Gasteiger partial charge on any atom is -0.454 e. The molecule has 17 heavy (non-hydrogen) atoms. The summed E-state index contributed by atoms with van der Waals surface area (Å²) in [7, 11) is 0. The lowest BCUT2D eigenvalue weighted by Gasteiger charge is -2.07. The minimum atomic E-state index is -0.459. The van der Waals surface area contributed by atoms with Crippen molar-refractivity contribution in [3.63, 3.8) is 0 Å². The first-order valence-electron chi connectivity index (χ1n) is 5.06. The van der Waals surface area contributed by atoms with Gasteiger partial charge in [0, 0.05) is 16.6 Å². The summed E-state index contributed by atoms with van der Waals surface area (Å²) in [6, 6.07) is 11.8. The third-order valence-electron chi connectivity index (χ3n) is 2.24. The standard InChI is InChI=1S/C13H12FNOS/c1-17-11-5-3-10(4-6-11)16-13-7-2-9(15)8-12(13)14/h2-8H,15H2,1H3. The van der Waals surface area contributed by atoms with Crippen molar-refractivity contribution < 1.29 is 9.13 Å². The first-order valence-corrected chi connectivity index (χ1v) is 6.28. The van der Waals surface area contributed by atoms with Crippen LogP contribution in [0, 0.1) is 5.82 Å². The molecule has 0 unspecified atom stereocenters. The van der Waals surface area contributed by atoms with E-state index in [2.05, 4.69) is 0 Å². The molecule has 2 rings (SSSR count). The maximum absolute atomic E-state index is 13.5. The fourth-order valence-corrected chi connectivity index (χ4v) is 1.78. The first-order chi connectivity index (χ1) is 8.19. The molecule has 2 nitrogen and oxygen atoms in total. The van der Waals surface area contributed by atoms with Crippen LogP contribution >= 0.6 is 11.8 Å². The van der Waals surface area contributed by atoms with E-state index in [1.807, 2.05) is 30.5 Å². The topological polar surface area (TPSA) is 35.2 Å². The third-order valence-corrected chi connectivity index (χ3v) is 2.99. The Labute approximate surface area is 104 Å². The van der Waals surface area contributed by atoms with Crippen LogP contribution in [0.5, 0.6) is 11.5 Å². The number of halogens is 1. The first kappa shape index (κ1) is 11.8. The smallest absolute Gasteiger partial charge is 0.167 e. The van der Waals surface area contributed by atoms with Gasteiger partial charge in [0.05, 0.1) is 0 Å². The number of nitrogens with two attached hydrogens (primary N) is 1. The van der Waals surface area contributed by atoms with E-state index >= 15 is 0 Å². The van der Waals surface area contributed by atoms with Gasteiger partial charge in [-0.05, 0) is 42.7 Å². The number of benzene rings is 2. The lowest BCUT2D eigenvalue weighted by molar-refractivity contribution is 0.442. The summed E-state index contributed by atoms with van der Waals surface area (Å²) in [6.07, 6.45) is 2.00. The maximum Gasteiger partial charge on any atom is 0.167 e. The number of hydrogen-bond acceptors (Lipinski definition) is 3. The number of hydrogen-bond donors (Lipinski definition) is 1. The highest BCUT2D eigenvalue weighted by Crippen LogP contribution is 2.27. The molecule has 2 N–H and O–H groups in total. The van der Waals surface area contributed by atoms with Gasteiger partial charge in [0.2, 0.25) is 0 Å². The summed E-state index contributed by atoms with van der Waals surface area (Å²) in [5.74, 6) is 0.321. The van der Waals surface area contributed by atoms with Crippen LogP contribution < -0.4 is 10.5 Å². The Morgan fingerprint density at radius 1 is 1.12 bits per heavy atom. The summed E-state index contributed by atoms with van der Waals surface area (Å²) >= 11 is 1.64. The SMILES string of the molecule is CSc1ccc(Oc2ccc(N)cc2F)cc1. The molecular formula is C13H12FNOS. The van der Waals surface area contributed by atoms with Gasteiger partial charge in [0.15, 0.2) is 11.6 Å².